The highest BCUT2D eigenvalue weighted by molar-refractivity contribution is 5.84. The third-order valence-corrected chi connectivity index (χ3v) is 1.92. The van der Waals surface area contributed by atoms with Gasteiger partial charge in [0.25, 0.3) is 0 Å². The molecule has 1 aliphatic heterocycles. The van der Waals surface area contributed by atoms with Gasteiger partial charge in [0.15, 0.2) is 0 Å². The van der Waals surface area contributed by atoms with E-state index in [1.165, 1.54) is 0 Å². The molecule has 1 aliphatic rings. The van der Waals surface area contributed by atoms with Crippen LogP contribution in [0, 0.1) is 0 Å². The van der Waals surface area contributed by atoms with E-state index in [2.05, 4.69) is 5.32 Å². The molecule has 1 saturated heterocycles. The van der Waals surface area contributed by atoms with Crippen LogP contribution in [0.15, 0.2) is 30.3 Å². The average molecular weight is 162 g/mol. The number of hydrogen-bond donors (Lipinski definition) is 1. The molecule has 3 heteroatoms. The van der Waals surface area contributed by atoms with Crippen LogP contribution < -0.4 is 10.2 Å². The highest BCUT2D eigenvalue weighted by Crippen LogP contribution is 2.13. The first-order valence-corrected chi connectivity index (χ1v) is 3.93. The number of carbonyl (C=O) groups is 1. The van der Waals surface area contributed by atoms with Crippen molar-refractivity contribution in [2.75, 3.05) is 18.1 Å². The lowest BCUT2D eigenvalue weighted by Crippen LogP contribution is -2.20. The number of carbonyl (C=O) groups excluding carboxylic acids is 1. The molecule has 3 nitrogen and oxygen atoms in total. The normalized spacial score (nSPS) is 16.3. The summed E-state index contributed by atoms with van der Waals surface area (Å²) >= 11 is 0. The summed E-state index contributed by atoms with van der Waals surface area (Å²) in [5.41, 5.74) is 1.09. The van der Waals surface area contributed by atoms with E-state index in [0.29, 0.717) is 13.2 Å². The van der Waals surface area contributed by atoms with Gasteiger partial charge in [-0.2, -0.15) is 0 Å². The van der Waals surface area contributed by atoms with Crippen molar-refractivity contribution >= 4 is 11.6 Å². The van der Waals surface area contributed by atoms with Crippen molar-refractivity contribution in [1.82, 2.24) is 5.32 Å². The van der Waals surface area contributed by atoms with E-state index in [1.807, 2.05) is 35.2 Å². The summed E-state index contributed by atoms with van der Waals surface area (Å²) in [6.07, 6.45) is 0. The Morgan fingerprint density at radius 2 is 2.00 bits per heavy atom. The van der Waals surface area contributed by atoms with Crippen LogP contribution in [-0.2, 0) is 4.79 Å². The summed E-state index contributed by atoms with van der Waals surface area (Å²) < 4.78 is 0. The van der Waals surface area contributed by atoms with Crippen LogP contribution in [0.4, 0.5) is 5.69 Å². The number of anilines is 1. The van der Waals surface area contributed by atoms with E-state index < -0.39 is 0 Å². The van der Waals surface area contributed by atoms with Gasteiger partial charge in [-0.3, -0.25) is 4.79 Å². The summed E-state index contributed by atoms with van der Waals surface area (Å²) in [4.78, 5) is 12.9. The minimum Gasteiger partial charge on any atom is -0.345 e. The van der Waals surface area contributed by atoms with Crippen molar-refractivity contribution in [2.24, 2.45) is 0 Å². The molecule has 1 amide bonds. The Hall–Kier alpha value is -1.51. The average Bonchev–Trinajstić information content (AvgIpc) is 2.54. The Balaban J connectivity index is 2.16. The molecule has 62 valence electrons. The largest absolute Gasteiger partial charge is 0.345 e. The number of para-hydroxylation sites is 1. The lowest BCUT2D eigenvalue weighted by atomic mass is 10.3. The SMILES string of the molecule is O=C1CN(c2ccccc2)CN1. The number of nitrogens with zero attached hydrogens (tertiary/aromatic N) is 1. The first-order chi connectivity index (χ1) is 5.86. The maximum absolute atomic E-state index is 10.9. The molecule has 0 saturated carbocycles. The summed E-state index contributed by atoms with van der Waals surface area (Å²) in [5, 5.41) is 2.76. The molecule has 1 N–H and O–H groups in total. The zero-order valence-electron chi connectivity index (χ0n) is 6.66. The van der Waals surface area contributed by atoms with Gasteiger partial charge in [-0.1, -0.05) is 18.2 Å². The number of hydrogen-bond acceptors (Lipinski definition) is 2. The highest BCUT2D eigenvalue weighted by Gasteiger charge is 2.17. The quantitative estimate of drug-likeness (QED) is 0.655. The molecular weight excluding hydrogens is 152 g/mol. The van der Waals surface area contributed by atoms with E-state index in [1.54, 1.807) is 0 Å². The van der Waals surface area contributed by atoms with Gasteiger partial charge in [0, 0.05) is 5.69 Å². The summed E-state index contributed by atoms with van der Waals surface area (Å²) in [5.74, 6) is 0.0962. The molecule has 0 aliphatic carbocycles. The Kier molecular flexibility index (Phi) is 1.70. The first-order valence-electron chi connectivity index (χ1n) is 3.93. The molecule has 0 atom stereocenters. The fourth-order valence-electron chi connectivity index (χ4n) is 1.29. The monoisotopic (exact) mass is 162 g/mol. The highest BCUT2D eigenvalue weighted by atomic mass is 16.2. The second-order valence-corrected chi connectivity index (χ2v) is 2.79. The van der Waals surface area contributed by atoms with Crippen LogP contribution in [0.1, 0.15) is 0 Å². The zero-order chi connectivity index (χ0) is 8.39. The maximum Gasteiger partial charge on any atom is 0.240 e. The molecule has 12 heavy (non-hydrogen) atoms. The van der Waals surface area contributed by atoms with Crippen molar-refractivity contribution < 1.29 is 4.79 Å². The molecule has 0 unspecified atom stereocenters. The van der Waals surface area contributed by atoms with Crippen molar-refractivity contribution in [3.8, 4) is 0 Å². The van der Waals surface area contributed by atoms with Crippen LogP contribution in [0.25, 0.3) is 0 Å². The maximum atomic E-state index is 10.9. The molecular formula is C9H10N2O. The van der Waals surface area contributed by atoms with Crippen molar-refractivity contribution in [3.05, 3.63) is 30.3 Å². The van der Waals surface area contributed by atoms with Gasteiger partial charge in [-0.25, -0.2) is 0 Å². The fraction of sp³-hybridized carbons (Fsp3) is 0.222. The zero-order valence-corrected chi connectivity index (χ0v) is 6.66. The molecule has 0 spiro atoms. The topological polar surface area (TPSA) is 32.3 Å². The Labute approximate surface area is 71.0 Å². The molecule has 1 heterocycles. The molecule has 1 aromatic carbocycles. The van der Waals surface area contributed by atoms with Gasteiger partial charge in [0.2, 0.25) is 5.91 Å². The summed E-state index contributed by atoms with van der Waals surface area (Å²) in [6, 6.07) is 9.91. The molecule has 1 aromatic rings. The fourth-order valence-corrected chi connectivity index (χ4v) is 1.29. The Morgan fingerprint density at radius 1 is 1.25 bits per heavy atom. The molecule has 0 bridgehead atoms. The minimum atomic E-state index is 0.0962. The van der Waals surface area contributed by atoms with Crippen molar-refractivity contribution in [1.29, 1.82) is 0 Å². The Morgan fingerprint density at radius 3 is 2.58 bits per heavy atom. The molecule has 0 aromatic heterocycles. The predicted molar refractivity (Wildman–Crippen MR) is 46.8 cm³/mol. The van der Waals surface area contributed by atoms with E-state index >= 15 is 0 Å². The van der Waals surface area contributed by atoms with Crippen molar-refractivity contribution in [2.45, 2.75) is 0 Å². The van der Waals surface area contributed by atoms with Gasteiger partial charge in [-0.05, 0) is 12.1 Å². The third-order valence-electron chi connectivity index (χ3n) is 1.92. The van der Waals surface area contributed by atoms with Gasteiger partial charge < -0.3 is 10.2 Å². The van der Waals surface area contributed by atoms with E-state index in [-0.39, 0.29) is 5.91 Å². The first kappa shape index (κ1) is 7.16. The van der Waals surface area contributed by atoms with Gasteiger partial charge in [0.05, 0.1) is 13.2 Å². The van der Waals surface area contributed by atoms with E-state index in [4.69, 9.17) is 0 Å². The van der Waals surface area contributed by atoms with Crippen LogP contribution >= 0.6 is 0 Å². The van der Waals surface area contributed by atoms with Gasteiger partial charge in [0.1, 0.15) is 0 Å². The third kappa shape index (κ3) is 1.25. The van der Waals surface area contributed by atoms with E-state index in [9.17, 15) is 4.79 Å². The van der Waals surface area contributed by atoms with Gasteiger partial charge in [-0.15, -0.1) is 0 Å². The second kappa shape index (κ2) is 2.85. The van der Waals surface area contributed by atoms with Crippen LogP contribution in [0.5, 0.6) is 0 Å². The van der Waals surface area contributed by atoms with Crippen LogP contribution in [-0.4, -0.2) is 19.1 Å². The Bertz CT molecular complexity index is 284. The summed E-state index contributed by atoms with van der Waals surface area (Å²) in [7, 11) is 0. The predicted octanol–water partition coefficient (Wildman–Crippen LogP) is 0.580. The van der Waals surface area contributed by atoms with Crippen molar-refractivity contribution in [3.63, 3.8) is 0 Å². The molecule has 0 radical (unpaired) electrons. The lowest BCUT2D eigenvalue weighted by molar-refractivity contribution is -0.118. The summed E-state index contributed by atoms with van der Waals surface area (Å²) in [6.45, 7) is 1.10. The van der Waals surface area contributed by atoms with Crippen LogP contribution in [0.2, 0.25) is 0 Å². The number of amides is 1. The lowest BCUT2D eigenvalue weighted by Gasteiger charge is -2.14. The number of nitrogens with one attached hydrogen (secondary N) is 1. The van der Waals surface area contributed by atoms with Gasteiger partial charge >= 0.3 is 0 Å². The number of rotatable bonds is 1. The smallest absolute Gasteiger partial charge is 0.240 e. The minimum absolute atomic E-state index is 0.0962. The number of benzene rings is 1. The van der Waals surface area contributed by atoms with E-state index in [0.717, 1.165) is 5.69 Å². The molecule has 2 rings (SSSR count). The second-order valence-electron chi connectivity index (χ2n) is 2.79. The molecule has 1 fully saturated rings. The standard InChI is InChI=1S/C9H10N2O/c12-9-6-11(7-10-9)8-4-2-1-3-5-8/h1-5H,6-7H2,(H,10,12). The van der Waals surface area contributed by atoms with Crippen LogP contribution in [0.3, 0.4) is 0 Å².